The van der Waals surface area contributed by atoms with Crippen LogP contribution >= 0.6 is 11.8 Å². The summed E-state index contributed by atoms with van der Waals surface area (Å²) in [5.74, 6) is 1.42. The number of ether oxygens (including phenoxy) is 3. The molecule has 0 spiro atoms. The van der Waals surface area contributed by atoms with Crippen molar-refractivity contribution in [3.8, 4) is 0 Å². The van der Waals surface area contributed by atoms with Crippen molar-refractivity contribution in [3.63, 3.8) is 0 Å². The molecule has 7 nitrogen and oxygen atoms in total. The Labute approximate surface area is 338 Å². The summed E-state index contributed by atoms with van der Waals surface area (Å²) in [7, 11) is 3.51. The molecule has 1 aliphatic heterocycles. The van der Waals surface area contributed by atoms with E-state index < -0.39 is 11.9 Å². The Morgan fingerprint density at radius 3 is 2.24 bits per heavy atom. The van der Waals surface area contributed by atoms with Gasteiger partial charge in [0.25, 0.3) is 0 Å². The van der Waals surface area contributed by atoms with Gasteiger partial charge in [-0.25, -0.2) is 0 Å². The molecule has 8 atom stereocenters. The molecule has 0 N–H and O–H groups in total. The van der Waals surface area contributed by atoms with Crippen molar-refractivity contribution in [2.75, 3.05) is 20.5 Å². The van der Waals surface area contributed by atoms with E-state index in [4.69, 9.17) is 14.2 Å². The van der Waals surface area contributed by atoms with Crippen LogP contribution in [-0.4, -0.2) is 73.8 Å². The molecule has 1 saturated heterocycles. The van der Waals surface area contributed by atoms with E-state index >= 15 is 0 Å². The van der Waals surface area contributed by atoms with Gasteiger partial charge in [-0.05, 0) is 126 Å². The van der Waals surface area contributed by atoms with Gasteiger partial charge in [0.15, 0.2) is 6.29 Å². The van der Waals surface area contributed by atoms with Crippen molar-refractivity contribution in [1.29, 1.82) is 0 Å². The SMILES string of the molecule is COC1CCC(C)(CCC(CC(=O)C(C)/C=C(\C)C(CC(=O)C(C)CC(C)/C=C/C=C/C=C(\C)C(CC2CCCC(C(=O)C=O)O2)OC)SC)C2CC2)CC1. The van der Waals surface area contributed by atoms with Crippen LogP contribution in [0.1, 0.15) is 138 Å². The van der Waals surface area contributed by atoms with Gasteiger partial charge in [0, 0.05) is 50.6 Å². The van der Waals surface area contributed by atoms with Gasteiger partial charge in [-0.1, -0.05) is 69.7 Å². The van der Waals surface area contributed by atoms with Gasteiger partial charge in [0.2, 0.25) is 5.78 Å². The minimum absolute atomic E-state index is 0.0520. The smallest absolute Gasteiger partial charge is 0.223 e. The van der Waals surface area contributed by atoms with E-state index in [0.29, 0.717) is 61.1 Å². The second-order valence-corrected chi connectivity index (χ2v) is 18.6. The number of Topliss-reactive ketones (excluding diaryl/α,β-unsaturated/α-hetero) is 3. The summed E-state index contributed by atoms with van der Waals surface area (Å²) in [5, 5.41) is 0.0799. The third-order valence-corrected chi connectivity index (χ3v) is 14.0. The molecule has 0 aromatic rings. The first-order chi connectivity index (χ1) is 26.2. The molecule has 2 saturated carbocycles. The van der Waals surface area contributed by atoms with Gasteiger partial charge in [-0.3, -0.25) is 19.2 Å². The summed E-state index contributed by atoms with van der Waals surface area (Å²) < 4.78 is 17.2. The van der Waals surface area contributed by atoms with Crippen molar-refractivity contribution >= 4 is 35.4 Å². The maximum absolute atomic E-state index is 13.5. The Bertz CT molecular complexity index is 1350. The van der Waals surface area contributed by atoms with E-state index in [0.717, 1.165) is 49.7 Å². The fourth-order valence-electron chi connectivity index (χ4n) is 8.70. The van der Waals surface area contributed by atoms with Crippen molar-refractivity contribution < 1.29 is 33.4 Å². The summed E-state index contributed by atoms with van der Waals surface area (Å²) in [5.41, 5.74) is 2.57. The monoisotopic (exact) mass is 783 g/mol. The Morgan fingerprint density at radius 2 is 1.62 bits per heavy atom. The fraction of sp³-hybridized carbons (Fsp3) is 0.745. The number of aldehydes is 1. The second-order valence-electron chi connectivity index (χ2n) is 17.6. The van der Waals surface area contributed by atoms with Gasteiger partial charge in [-0.2, -0.15) is 11.8 Å². The lowest BCUT2D eigenvalue weighted by atomic mass is 9.70. The number of carbonyl (C=O) groups is 4. The van der Waals surface area contributed by atoms with Gasteiger partial charge >= 0.3 is 0 Å². The van der Waals surface area contributed by atoms with E-state index in [1.807, 2.05) is 52.2 Å². The average molecular weight is 783 g/mol. The number of hydrogen-bond acceptors (Lipinski definition) is 8. The molecule has 0 bridgehead atoms. The fourth-order valence-corrected chi connectivity index (χ4v) is 9.48. The number of hydrogen-bond donors (Lipinski definition) is 0. The Kier molecular flexibility index (Phi) is 20.6. The van der Waals surface area contributed by atoms with Crippen LogP contribution in [-0.2, 0) is 33.4 Å². The first-order valence-electron chi connectivity index (χ1n) is 21.2. The Balaban J connectivity index is 1.43. The van der Waals surface area contributed by atoms with Crippen molar-refractivity contribution in [3.05, 3.63) is 47.6 Å². The summed E-state index contributed by atoms with van der Waals surface area (Å²) in [6, 6.07) is 0. The minimum atomic E-state index is -0.632. The van der Waals surface area contributed by atoms with E-state index in [1.54, 1.807) is 18.9 Å². The lowest BCUT2D eigenvalue weighted by Gasteiger charge is -2.38. The maximum Gasteiger partial charge on any atom is 0.223 e. The largest absolute Gasteiger partial charge is 0.381 e. The molecule has 8 heteroatoms. The first kappa shape index (κ1) is 47.2. The predicted molar refractivity (Wildman–Crippen MR) is 226 cm³/mol. The molecule has 0 aromatic heterocycles. The van der Waals surface area contributed by atoms with Crippen LogP contribution in [0, 0.1) is 35.0 Å². The third kappa shape index (κ3) is 16.3. The number of methoxy groups -OCH3 is 2. The molecular weight excluding hydrogens is 709 g/mol. The van der Waals surface area contributed by atoms with Crippen molar-refractivity contribution in [2.24, 2.45) is 35.0 Å². The van der Waals surface area contributed by atoms with E-state index in [2.05, 4.69) is 39.2 Å². The van der Waals surface area contributed by atoms with Crippen LogP contribution in [0.15, 0.2) is 47.6 Å². The molecule has 8 unspecified atom stereocenters. The average Bonchev–Trinajstić information content (AvgIpc) is 4.03. The van der Waals surface area contributed by atoms with E-state index in [-0.39, 0.29) is 41.0 Å². The molecule has 0 radical (unpaired) electrons. The van der Waals surface area contributed by atoms with Crippen LogP contribution in [0.4, 0.5) is 0 Å². The van der Waals surface area contributed by atoms with Crippen LogP contribution < -0.4 is 0 Å². The molecule has 2 aliphatic carbocycles. The molecule has 3 aliphatic rings. The summed E-state index contributed by atoms with van der Waals surface area (Å²) >= 11 is 1.71. The number of carbonyl (C=O) groups excluding carboxylic acids is 4. The number of ketones is 3. The quantitative estimate of drug-likeness (QED) is 0.0391. The van der Waals surface area contributed by atoms with Crippen molar-refractivity contribution in [2.45, 2.75) is 168 Å². The zero-order valence-electron chi connectivity index (χ0n) is 35.7. The molecule has 0 amide bonds. The first-order valence-corrected chi connectivity index (χ1v) is 22.5. The maximum atomic E-state index is 13.5. The van der Waals surface area contributed by atoms with E-state index in [9.17, 15) is 19.2 Å². The second kappa shape index (κ2) is 23.9. The van der Waals surface area contributed by atoms with Crippen molar-refractivity contribution in [1.82, 2.24) is 0 Å². The highest BCUT2D eigenvalue weighted by Gasteiger charge is 2.37. The normalized spacial score (nSPS) is 27.4. The number of rotatable bonds is 25. The topological polar surface area (TPSA) is 96.0 Å². The summed E-state index contributed by atoms with van der Waals surface area (Å²) in [4.78, 5) is 49.6. The number of allylic oxidation sites excluding steroid dienone is 6. The van der Waals surface area contributed by atoms with Gasteiger partial charge in [-0.15, -0.1) is 0 Å². The molecule has 310 valence electrons. The van der Waals surface area contributed by atoms with Gasteiger partial charge in [0.1, 0.15) is 17.7 Å². The van der Waals surface area contributed by atoms with Crippen LogP contribution in [0.25, 0.3) is 0 Å². The summed E-state index contributed by atoms with van der Waals surface area (Å²) in [6.45, 7) is 12.8. The van der Waals surface area contributed by atoms with Crippen LogP contribution in [0.5, 0.6) is 0 Å². The third-order valence-electron chi connectivity index (χ3n) is 12.9. The molecule has 0 aromatic carbocycles. The molecule has 1 heterocycles. The van der Waals surface area contributed by atoms with Gasteiger partial charge < -0.3 is 14.2 Å². The lowest BCUT2D eigenvalue weighted by Crippen LogP contribution is -2.36. The Morgan fingerprint density at radius 1 is 0.909 bits per heavy atom. The molecule has 55 heavy (non-hydrogen) atoms. The molecule has 3 fully saturated rings. The van der Waals surface area contributed by atoms with Crippen LogP contribution in [0.3, 0.4) is 0 Å². The minimum Gasteiger partial charge on any atom is -0.381 e. The molecular formula is C47H74O7S. The van der Waals surface area contributed by atoms with Gasteiger partial charge in [0.05, 0.1) is 18.3 Å². The highest BCUT2D eigenvalue weighted by molar-refractivity contribution is 7.99. The van der Waals surface area contributed by atoms with E-state index in [1.165, 1.54) is 32.1 Å². The Hall–Kier alpha value is -2.13. The lowest BCUT2D eigenvalue weighted by molar-refractivity contribution is -0.145. The zero-order valence-corrected chi connectivity index (χ0v) is 36.5. The predicted octanol–water partition coefficient (Wildman–Crippen LogP) is 10.5. The number of thioether (sulfide) groups is 1. The standard InChI is InChI=1S/C47H74O7S/c1-32(14-11-10-12-15-33(2)45(53-8)29-40-16-13-17-44(54-40)43(51)31-48)26-34(3)42(50)30-46(55-9)36(5)27-35(4)41(49)28-38(37-18-19-37)20-23-47(6)24-21-39(52-7)22-25-47/h10-12,14-15,27,31-32,34-35,37-40,44-46H,13,16-26,28-30H2,1-9H3/b12-10+,14-11+,33-15+,36-27+. The highest BCUT2D eigenvalue weighted by Crippen LogP contribution is 2.46. The molecule has 3 rings (SSSR count). The zero-order chi connectivity index (χ0) is 40.5. The highest BCUT2D eigenvalue weighted by atomic mass is 32.2. The van der Waals surface area contributed by atoms with Crippen LogP contribution in [0.2, 0.25) is 0 Å². The summed E-state index contributed by atoms with van der Waals surface area (Å²) in [6.07, 6.45) is 28.8.